The quantitative estimate of drug-likeness (QED) is 0.557. The first-order chi connectivity index (χ1) is 12.6. The van der Waals surface area contributed by atoms with Crippen molar-refractivity contribution in [3.8, 4) is 0 Å². The van der Waals surface area contributed by atoms with Crippen LogP contribution in [0.1, 0.15) is 22.3 Å². The van der Waals surface area contributed by atoms with Gasteiger partial charge >= 0.3 is 0 Å². The van der Waals surface area contributed by atoms with Crippen LogP contribution in [0, 0.1) is 6.92 Å². The molecule has 5 nitrogen and oxygen atoms in total. The second-order valence-electron chi connectivity index (χ2n) is 6.69. The van der Waals surface area contributed by atoms with Crippen LogP contribution >= 0.6 is 0 Å². The van der Waals surface area contributed by atoms with Gasteiger partial charge < -0.3 is 15.6 Å². The molecule has 0 atom stereocenters. The number of carbonyl (C=O) groups excluding carboxylic acids is 1. The maximum Gasteiger partial charge on any atom is 0.254 e. The van der Waals surface area contributed by atoms with Gasteiger partial charge in [0.25, 0.3) is 5.91 Å². The third kappa shape index (κ3) is 2.52. The van der Waals surface area contributed by atoms with Crippen LogP contribution < -0.4 is 11.1 Å². The van der Waals surface area contributed by atoms with Gasteiger partial charge in [0.05, 0.1) is 16.6 Å². The summed E-state index contributed by atoms with van der Waals surface area (Å²) in [6.45, 7) is 3.22. The number of nitrogens with zero attached hydrogens (tertiary/aromatic N) is 2. The molecule has 132 valence electrons. The number of hydrogen-bond donors (Lipinski definition) is 2. The number of rotatable bonds is 4. The van der Waals surface area contributed by atoms with Crippen molar-refractivity contribution in [3.05, 3.63) is 53.9 Å². The fourth-order valence-electron chi connectivity index (χ4n) is 3.65. The van der Waals surface area contributed by atoms with Crippen molar-refractivity contribution in [2.24, 2.45) is 12.8 Å². The van der Waals surface area contributed by atoms with Gasteiger partial charge in [0.1, 0.15) is 0 Å². The van der Waals surface area contributed by atoms with E-state index in [4.69, 9.17) is 10.7 Å². The number of fused-ring (bicyclic) bond motifs is 4. The molecule has 3 N–H and O–H groups in total. The van der Waals surface area contributed by atoms with Crippen LogP contribution in [-0.2, 0) is 7.05 Å². The van der Waals surface area contributed by atoms with Gasteiger partial charge in [-0.3, -0.25) is 4.79 Å². The van der Waals surface area contributed by atoms with Gasteiger partial charge in [0.2, 0.25) is 0 Å². The van der Waals surface area contributed by atoms with Gasteiger partial charge in [-0.05, 0) is 43.0 Å². The molecule has 0 unspecified atom stereocenters. The van der Waals surface area contributed by atoms with E-state index in [1.165, 1.54) is 0 Å². The van der Waals surface area contributed by atoms with Gasteiger partial charge in [-0.25, -0.2) is 4.98 Å². The molecule has 2 aromatic heterocycles. The van der Waals surface area contributed by atoms with E-state index in [0.717, 1.165) is 44.6 Å². The number of aryl methyl sites for hydroxylation is 2. The molecule has 0 saturated heterocycles. The number of hydrogen-bond acceptors (Lipinski definition) is 3. The zero-order valence-corrected chi connectivity index (χ0v) is 15.0. The van der Waals surface area contributed by atoms with Crippen LogP contribution in [0.2, 0.25) is 0 Å². The summed E-state index contributed by atoms with van der Waals surface area (Å²) in [6.07, 6.45) is 4.79. The van der Waals surface area contributed by atoms with Gasteiger partial charge in [0, 0.05) is 42.1 Å². The molecular weight excluding hydrogens is 324 g/mol. The van der Waals surface area contributed by atoms with Gasteiger partial charge in [-0.1, -0.05) is 18.2 Å². The zero-order valence-electron chi connectivity index (χ0n) is 15.0. The normalized spacial score (nSPS) is 11.5. The van der Waals surface area contributed by atoms with E-state index in [2.05, 4.69) is 24.5 Å². The summed E-state index contributed by atoms with van der Waals surface area (Å²) in [5, 5.41) is 7.15. The number of pyridine rings is 1. The Morgan fingerprint density at radius 2 is 2.00 bits per heavy atom. The average Bonchev–Trinajstić information content (AvgIpc) is 3.02. The molecular formula is C21H22N4O. The summed E-state index contributed by atoms with van der Waals surface area (Å²) in [5.74, 6) is -0.0925. The number of amides is 1. The fraction of sp³-hybridized carbons (Fsp3) is 0.238. The van der Waals surface area contributed by atoms with Crippen LogP contribution in [-0.4, -0.2) is 28.5 Å². The molecule has 5 heteroatoms. The van der Waals surface area contributed by atoms with Gasteiger partial charge in [0.15, 0.2) is 0 Å². The molecule has 0 spiro atoms. The SMILES string of the molecule is Cc1c2cn(C)ccc2c(C(=O)NCCCN)c2nc3ccccc3c12. The number of nitrogens with one attached hydrogen (secondary N) is 1. The molecule has 0 saturated carbocycles. The van der Waals surface area contributed by atoms with Crippen molar-refractivity contribution in [1.29, 1.82) is 0 Å². The first-order valence-electron chi connectivity index (χ1n) is 8.86. The van der Waals surface area contributed by atoms with E-state index >= 15 is 0 Å². The molecule has 0 aliphatic carbocycles. The van der Waals surface area contributed by atoms with Crippen molar-refractivity contribution in [3.63, 3.8) is 0 Å². The second-order valence-corrected chi connectivity index (χ2v) is 6.69. The molecule has 4 aromatic rings. The highest BCUT2D eigenvalue weighted by molar-refractivity contribution is 6.24. The summed E-state index contributed by atoms with van der Waals surface area (Å²) in [7, 11) is 1.99. The van der Waals surface area contributed by atoms with Crippen molar-refractivity contribution in [2.75, 3.05) is 13.1 Å². The van der Waals surface area contributed by atoms with Crippen LogP contribution in [0.15, 0.2) is 42.7 Å². The van der Waals surface area contributed by atoms with Crippen molar-refractivity contribution < 1.29 is 4.79 Å². The maximum absolute atomic E-state index is 13.0. The van der Waals surface area contributed by atoms with Crippen molar-refractivity contribution in [2.45, 2.75) is 13.3 Å². The largest absolute Gasteiger partial charge is 0.357 e. The summed E-state index contributed by atoms with van der Waals surface area (Å²) in [4.78, 5) is 17.8. The minimum absolute atomic E-state index is 0.0925. The predicted octanol–water partition coefficient (Wildman–Crippen LogP) is 3.27. The number of carbonyl (C=O) groups is 1. The first kappa shape index (κ1) is 16.5. The Bertz CT molecular complexity index is 1140. The molecule has 2 heterocycles. The van der Waals surface area contributed by atoms with Crippen molar-refractivity contribution in [1.82, 2.24) is 14.9 Å². The Morgan fingerprint density at radius 1 is 1.19 bits per heavy atom. The Labute approximate surface area is 151 Å². The molecule has 0 fully saturated rings. The number of aromatic nitrogens is 2. The summed E-state index contributed by atoms with van der Waals surface area (Å²) < 4.78 is 2.01. The Balaban J connectivity index is 2.08. The topological polar surface area (TPSA) is 72.9 Å². The Kier molecular flexibility index (Phi) is 4.09. The molecule has 26 heavy (non-hydrogen) atoms. The van der Waals surface area contributed by atoms with Gasteiger partial charge in [-0.2, -0.15) is 0 Å². The molecule has 0 radical (unpaired) electrons. The van der Waals surface area contributed by atoms with E-state index in [1.54, 1.807) is 0 Å². The molecule has 1 amide bonds. The lowest BCUT2D eigenvalue weighted by atomic mass is 9.95. The lowest BCUT2D eigenvalue weighted by molar-refractivity contribution is 0.0956. The molecule has 4 rings (SSSR count). The van der Waals surface area contributed by atoms with Crippen LogP contribution in [0.4, 0.5) is 0 Å². The van der Waals surface area contributed by atoms with Crippen LogP contribution in [0.3, 0.4) is 0 Å². The molecule has 0 aliphatic heterocycles. The third-order valence-electron chi connectivity index (χ3n) is 4.92. The highest BCUT2D eigenvalue weighted by Crippen LogP contribution is 2.36. The highest BCUT2D eigenvalue weighted by Gasteiger charge is 2.21. The molecule has 2 aromatic carbocycles. The summed E-state index contributed by atoms with van der Waals surface area (Å²) >= 11 is 0. The number of benzene rings is 2. The summed E-state index contributed by atoms with van der Waals surface area (Å²) in [5.41, 5.74) is 9.05. The second kappa shape index (κ2) is 6.42. The monoisotopic (exact) mass is 346 g/mol. The maximum atomic E-state index is 13.0. The van der Waals surface area contributed by atoms with E-state index < -0.39 is 0 Å². The fourth-order valence-corrected chi connectivity index (χ4v) is 3.65. The minimum atomic E-state index is -0.0925. The first-order valence-corrected chi connectivity index (χ1v) is 8.86. The Hall–Kier alpha value is -2.92. The Morgan fingerprint density at radius 3 is 2.81 bits per heavy atom. The molecule has 0 aliphatic rings. The minimum Gasteiger partial charge on any atom is -0.357 e. The average molecular weight is 346 g/mol. The standard InChI is InChI=1S/C21H22N4O/c1-13-16-12-25(2)11-8-14(16)19(21(26)23-10-5-9-22)20-18(13)15-6-3-4-7-17(15)24-20/h3-4,6-8,11-12H,5,9-10,22H2,1-2H3,(H,23,26). The van der Waals surface area contributed by atoms with Gasteiger partial charge in [-0.15, -0.1) is 0 Å². The van der Waals surface area contributed by atoms with Crippen LogP contribution in [0.25, 0.3) is 32.6 Å². The smallest absolute Gasteiger partial charge is 0.254 e. The molecule has 0 bridgehead atoms. The highest BCUT2D eigenvalue weighted by atomic mass is 16.1. The number of nitrogens with two attached hydrogens (primary N) is 1. The third-order valence-corrected chi connectivity index (χ3v) is 4.92. The van der Waals surface area contributed by atoms with E-state index in [1.807, 2.05) is 42.1 Å². The van der Waals surface area contributed by atoms with E-state index in [-0.39, 0.29) is 5.91 Å². The van der Waals surface area contributed by atoms with E-state index in [0.29, 0.717) is 18.7 Å². The zero-order chi connectivity index (χ0) is 18.3. The predicted molar refractivity (Wildman–Crippen MR) is 106 cm³/mol. The van der Waals surface area contributed by atoms with E-state index in [9.17, 15) is 4.79 Å². The summed E-state index contributed by atoms with van der Waals surface area (Å²) in [6, 6.07) is 10.1. The van der Waals surface area contributed by atoms with Crippen molar-refractivity contribution >= 4 is 38.5 Å². The lowest BCUT2D eigenvalue weighted by Crippen LogP contribution is -2.26. The van der Waals surface area contributed by atoms with Crippen LogP contribution in [0.5, 0.6) is 0 Å². The number of para-hydroxylation sites is 1. The lowest BCUT2D eigenvalue weighted by Gasteiger charge is -2.13.